The van der Waals surface area contributed by atoms with Gasteiger partial charge in [-0.2, -0.15) is 4.31 Å². The normalized spacial score (nSPS) is 17.7. The minimum atomic E-state index is -3.82. The highest BCUT2D eigenvalue weighted by Gasteiger charge is 2.39. The van der Waals surface area contributed by atoms with Gasteiger partial charge in [-0.25, -0.2) is 18.6 Å². The van der Waals surface area contributed by atoms with Crippen LogP contribution in [-0.2, 0) is 14.8 Å². The first-order chi connectivity index (χ1) is 12.4. The standard InChI is InChI=1S/C16H23ClN4O4S/c1-2-3-10-18-16(23)20-19-15(22)14-5-4-11-21(14)26(24,25)13-8-6-12(17)7-9-13/h6-9,14H,2-5,10-11H2,1H3,(H,19,22)(H2,18,20,23)/t14-/m1/s1. The Morgan fingerprint density at radius 2 is 1.92 bits per heavy atom. The van der Waals surface area contributed by atoms with Crippen molar-refractivity contribution in [1.82, 2.24) is 20.5 Å². The van der Waals surface area contributed by atoms with Gasteiger partial charge < -0.3 is 5.32 Å². The molecule has 0 spiro atoms. The second-order valence-corrected chi connectivity index (χ2v) is 8.28. The van der Waals surface area contributed by atoms with Crippen molar-refractivity contribution in [1.29, 1.82) is 0 Å². The first-order valence-corrected chi connectivity index (χ1v) is 10.3. The van der Waals surface area contributed by atoms with Crippen LogP contribution in [0.1, 0.15) is 32.6 Å². The largest absolute Gasteiger partial charge is 0.337 e. The first kappa shape index (κ1) is 20.5. The lowest BCUT2D eigenvalue weighted by molar-refractivity contribution is -0.124. The topological polar surface area (TPSA) is 108 Å². The first-order valence-electron chi connectivity index (χ1n) is 8.47. The number of carbonyl (C=O) groups excluding carboxylic acids is 2. The predicted molar refractivity (Wildman–Crippen MR) is 98.0 cm³/mol. The van der Waals surface area contributed by atoms with Gasteiger partial charge in [-0.15, -0.1) is 0 Å². The van der Waals surface area contributed by atoms with E-state index in [1.54, 1.807) is 0 Å². The number of nitrogens with zero attached hydrogens (tertiary/aromatic N) is 1. The quantitative estimate of drug-likeness (QED) is 0.496. The maximum absolute atomic E-state index is 12.8. The van der Waals surface area contributed by atoms with E-state index in [0.29, 0.717) is 24.4 Å². The maximum Gasteiger partial charge on any atom is 0.333 e. The molecule has 2 rings (SSSR count). The summed E-state index contributed by atoms with van der Waals surface area (Å²) in [5.74, 6) is -0.564. The highest BCUT2D eigenvalue weighted by atomic mass is 35.5. The molecule has 10 heteroatoms. The average molecular weight is 403 g/mol. The summed E-state index contributed by atoms with van der Waals surface area (Å²) >= 11 is 5.80. The van der Waals surface area contributed by atoms with Crippen molar-refractivity contribution in [3.05, 3.63) is 29.3 Å². The monoisotopic (exact) mass is 402 g/mol. The second-order valence-electron chi connectivity index (χ2n) is 5.95. The Hall–Kier alpha value is -1.84. The minimum absolute atomic E-state index is 0.0758. The Bertz CT molecular complexity index is 739. The lowest BCUT2D eigenvalue weighted by atomic mass is 10.2. The highest BCUT2D eigenvalue weighted by molar-refractivity contribution is 7.89. The molecule has 0 aliphatic carbocycles. The molecule has 1 fully saturated rings. The number of sulfonamides is 1. The minimum Gasteiger partial charge on any atom is -0.337 e. The van der Waals surface area contributed by atoms with Crippen molar-refractivity contribution in [3.8, 4) is 0 Å². The number of unbranched alkanes of at least 4 members (excludes halogenated alkanes) is 1. The van der Waals surface area contributed by atoms with Gasteiger partial charge in [0, 0.05) is 18.1 Å². The molecule has 1 heterocycles. The van der Waals surface area contributed by atoms with Crippen LogP contribution in [0.25, 0.3) is 0 Å². The third kappa shape index (κ3) is 5.09. The number of urea groups is 1. The molecule has 1 aromatic rings. The number of hydrogen-bond acceptors (Lipinski definition) is 4. The predicted octanol–water partition coefficient (Wildman–Crippen LogP) is 1.62. The summed E-state index contributed by atoms with van der Waals surface area (Å²) in [4.78, 5) is 24.0. The van der Waals surface area contributed by atoms with Crippen LogP contribution in [0.4, 0.5) is 4.79 Å². The molecule has 1 aromatic carbocycles. The second kappa shape index (κ2) is 9.20. The zero-order valence-electron chi connectivity index (χ0n) is 14.5. The lowest BCUT2D eigenvalue weighted by Gasteiger charge is -2.23. The summed E-state index contributed by atoms with van der Waals surface area (Å²) in [5, 5.41) is 3.02. The lowest BCUT2D eigenvalue weighted by Crippen LogP contribution is -2.53. The van der Waals surface area contributed by atoms with E-state index in [9.17, 15) is 18.0 Å². The van der Waals surface area contributed by atoms with Crippen molar-refractivity contribution < 1.29 is 18.0 Å². The third-order valence-electron chi connectivity index (χ3n) is 4.04. The molecular weight excluding hydrogens is 380 g/mol. The molecule has 26 heavy (non-hydrogen) atoms. The average Bonchev–Trinajstić information content (AvgIpc) is 3.11. The van der Waals surface area contributed by atoms with Gasteiger partial charge in [0.15, 0.2) is 0 Å². The van der Waals surface area contributed by atoms with Crippen LogP contribution >= 0.6 is 11.6 Å². The Labute approximate surface area is 158 Å². The highest BCUT2D eigenvalue weighted by Crippen LogP contribution is 2.26. The van der Waals surface area contributed by atoms with Gasteiger partial charge in [-0.3, -0.25) is 10.2 Å². The molecule has 3 N–H and O–H groups in total. The molecule has 1 atom stereocenters. The van der Waals surface area contributed by atoms with E-state index in [1.165, 1.54) is 24.3 Å². The zero-order valence-corrected chi connectivity index (χ0v) is 16.1. The number of benzene rings is 1. The van der Waals surface area contributed by atoms with Gasteiger partial charge in [0.05, 0.1) is 4.90 Å². The van der Waals surface area contributed by atoms with Crippen LogP contribution in [0.2, 0.25) is 5.02 Å². The Balaban J connectivity index is 1.99. The van der Waals surface area contributed by atoms with E-state index >= 15 is 0 Å². The summed E-state index contributed by atoms with van der Waals surface area (Å²) < 4.78 is 26.7. The van der Waals surface area contributed by atoms with Crippen LogP contribution in [0, 0.1) is 0 Å². The van der Waals surface area contributed by atoms with Crippen molar-refractivity contribution >= 4 is 33.6 Å². The van der Waals surface area contributed by atoms with Crippen LogP contribution in [0.3, 0.4) is 0 Å². The van der Waals surface area contributed by atoms with Gasteiger partial charge in [0.1, 0.15) is 6.04 Å². The number of halogens is 1. The number of hydrazine groups is 1. The van der Waals surface area contributed by atoms with E-state index in [2.05, 4.69) is 16.2 Å². The van der Waals surface area contributed by atoms with E-state index < -0.39 is 28.0 Å². The fourth-order valence-corrected chi connectivity index (χ4v) is 4.44. The molecular formula is C16H23ClN4O4S. The molecule has 0 aromatic heterocycles. The Morgan fingerprint density at radius 3 is 2.58 bits per heavy atom. The molecule has 1 saturated heterocycles. The van der Waals surface area contributed by atoms with Gasteiger partial charge >= 0.3 is 6.03 Å². The van der Waals surface area contributed by atoms with Crippen LogP contribution in [-0.4, -0.2) is 43.8 Å². The molecule has 3 amide bonds. The number of hydrogen-bond donors (Lipinski definition) is 3. The van der Waals surface area contributed by atoms with Crippen molar-refractivity contribution in [2.24, 2.45) is 0 Å². The molecule has 0 radical (unpaired) electrons. The van der Waals surface area contributed by atoms with E-state index in [1.807, 2.05) is 6.92 Å². The Morgan fingerprint density at radius 1 is 1.23 bits per heavy atom. The fraction of sp³-hybridized carbons (Fsp3) is 0.500. The number of nitrogens with one attached hydrogen (secondary N) is 3. The molecule has 1 aliphatic rings. The van der Waals surface area contributed by atoms with Crippen molar-refractivity contribution in [2.45, 2.75) is 43.5 Å². The van der Waals surface area contributed by atoms with Crippen LogP contribution in [0.5, 0.6) is 0 Å². The number of carbonyl (C=O) groups is 2. The molecule has 0 bridgehead atoms. The summed E-state index contributed by atoms with van der Waals surface area (Å²) in [6.45, 7) is 2.74. The third-order valence-corrected chi connectivity index (χ3v) is 6.22. The van der Waals surface area contributed by atoms with E-state index in [-0.39, 0.29) is 11.4 Å². The van der Waals surface area contributed by atoms with Gasteiger partial charge in [-0.1, -0.05) is 24.9 Å². The molecule has 1 aliphatic heterocycles. The molecule has 0 unspecified atom stereocenters. The number of rotatable bonds is 6. The molecule has 8 nitrogen and oxygen atoms in total. The smallest absolute Gasteiger partial charge is 0.333 e. The van der Waals surface area contributed by atoms with E-state index in [0.717, 1.165) is 17.1 Å². The molecule has 0 saturated carbocycles. The summed E-state index contributed by atoms with van der Waals surface area (Å²) in [6.07, 6.45) is 2.72. The van der Waals surface area contributed by atoms with Crippen LogP contribution in [0.15, 0.2) is 29.2 Å². The van der Waals surface area contributed by atoms with Gasteiger partial charge in [0.2, 0.25) is 10.0 Å². The van der Waals surface area contributed by atoms with E-state index in [4.69, 9.17) is 11.6 Å². The van der Waals surface area contributed by atoms with Gasteiger partial charge in [0.25, 0.3) is 5.91 Å². The van der Waals surface area contributed by atoms with Crippen LogP contribution < -0.4 is 16.2 Å². The van der Waals surface area contributed by atoms with Crippen molar-refractivity contribution in [2.75, 3.05) is 13.1 Å². The maximum atomic E-state index is 12.8. The number of amides is 3. The Kier molecular flexibility index (Phi) is 7.24. The SMILES string of the molecule is CCCCNC(=O)NNC(=O)[C@H]1CCCN1S(=O)(=O)c1ccc(Cl)cc1. The summed E-state index contributed by atoms with van der Waals surface area (Å²) in [7, 11) is -3.82. The summed E-state index contributed by atoms with van der Waals surface area (Å²) in [5.41, 5.74) is 4.53. The fourth-order valence-electron chi connectivity index (χ4n) is 2.66. The summed E-state index contributed by atoms with van der Waals surface area (Å²) in [6, 6.07) is 4.39. The van der Waals surface area contributed by atoms with Crippen molar-refractivity contribution in [3.63, 3.8) is 0 Å². The zero-order chi connectivity index (χ0) is 19.2. The molecule has 144 valence electrons. The van der Waals surface area contributed by atoms with Gasteiger partial charge in [-0.05, 0) is 43.5 Å².